The van der Waals surface area contributed by atoms with E-state index in [1.54, 1.807) is 6.26 Å². The normalized spacial score (nSPS) is 13.6. The molecule has 0 radical (unpaired) electrons. The van der Waals surface area contributed by atoms with Crippen LogP contribution < -0.4 is 5.32 Å². The fraction of sp³-hybridized carbons (Fsp3) is 0.733. The van der Waals surface area contributed by atoms with Crippen LogP contribution in [0.15, 0.2) is 22.8 Å². The number of ether oxygens (including phenoxy) is 1. The Labute approximate surface area is 120 Å². The molecule has 116 valence electrons. The minimum absolute atomic E-state index is 0.122. The molecule has 0 aromatic carbocycles. The van der Waals surface area contributed by atoms with Crippen LogP contribution in [0.1, 0.15) is 32.4 Å². The molecule has 1 aromatic rings. The average molecular weight is 285 g/mol. The van der Waals surface area contributed by atoms with Gasteiger partial charge in [-0.15, -0.1) is 0 Å². The van der Waals surface area contributed by atoms with E-state index < -0.39 is 6.10 Å². The Balaban J connectivity index is 2.06. The van der Waals surface area contributed by atoms with E-state index in [1.807, 2.05) is 12.1 Å². The van der Waals surface area contributed by atoms with E-state index in [-0.39, 0.29) is 18.6 Å². The lowest BCUT2D eigenvalue weighted by Crippen LogP contribution is -2.36. The number of hydrogen-bond donors (Lipinski definition) is 3. The quantitative estimate of drug-likeness (QED) is 0.575. The minimum atomic E-state index is -0.529. The number of furan rings is 1. The number of rotatable bonds is 11. The van der Waals surface area contributed by atoms with Gasteiger partial charge in [-0.05, 0) is 30.4 Å². The lowest BCUT2D eigenvalue weighted by Gasteiger charge is -2.25. The van der Waals surface area contributed by atoms with Gasteiger partial charge in [-0.1, -0.05) is 13.8 Å². The van der Waals surface area contributed by atoms with E-state index in [2.05, 4.69) is 19.2 Å². The van der Waals surface area contributed by atoms with Crippen LogP contribution in [0.25, 0.3) is 0 Å². The second-order valence-electron chi connectivity index (χ2n) is 5.87. The summed E-state index contributed by atoms with van der Waals surface area (Å²) >= 11 is 0. The summed E-state index contributed by atoms with van der Waals surface area (Å²) < 4.78 is 10.5. The molecular weight excluding hydrogens is 258 g/mol. The molecule has 5 heteroatoms. The Bertz CT molecular complexity index is 338. The van der Waals surface area contributed by atoms with Crippen molar-refractivity contribution in [3.05, 3.63) is 24.2 Å². The van der Waals surface area contributed by atoms with Crippen LogP contribution in [0.3, 0.4) is 0 Å². The van der Waals surface area contributed by atoms with Gasteiger partial charge in [0.2, 0.25) is 0 Å². The zero-order valence-corrected chi connectivity index (χ0v) is 12.5. The molecule has 1 rings (SSSR count). The van der Waals surface area contributed by atoms with Gasteiger partial charge in [-0.25, -0.2) is 0 Å². The molecule has 5 nitrogen and oxygen atoms in total. The van der Waals surface area contributed by atoms with Crippen molar-refractivity contribution >= 4 is 0 Å². The van der Waals surface area contributed by atoms with Crippen LogP contribution in [0, 0.1) is 5.41 Å². The Hall–Kier alpha value is -0.880. The van der Waals surface area contributed by atoms with Crippen molar-refractivity contribution in [1.29, 1.82) is 0 Å². The molecule has 0 fully saturated rings. The largest absolute Gasteiger partial charge is 0.467 e. The first kappa shape index (κ1) is 17.2. The van der Waals surface area contributed by atoms with Crippen LogP contribution in [0.5, 0.6) is 0 Å². The maximum Gasteiger partial charge on any atom is 0.129 e. The summed E-state index contributed by atoms with van der Waals surface area (Å²) in [4.78, 5) is 0. The zero-order valence-electron chi connectivity index (χ0n) is 12.5. The maximum absolute atomic E-state index is 9.79. The van der Waals surface area contributed by atoms with Crippen molar-refractivity contribution in [2.75, 3.05) is 26.3 Å². The topological polar surface area (TPSA) is 74.9 Å². The first-order chi connectivity index (χ1) is 9.53. The van der Waals surface area contributed by atoms with Crippen molar-refractivity contribution < 1.29 is 19.4 Å². The smallest absolute Gasteiger partial charge is 0.129 e. The monoisotopic (exact) mass is 285 g/mol. The fourth-order valence-corrected chi connectivity index (χ4v) is 1.97. The molecule has 0 aliphatic carbocycles. The summed E-state index contributed by atoms with van der Waals surface area (Å²) in [7, 11) is 0. The predicted octanol–water partition coefficient (Wildman–Crippen LogP) is 1.55. The second kappa shape index (κ2) is 9.13. The molecule has 0 aliphatic rings. The molecule has 0 saturated heterocycles. The minimum Gasteiger partial charge on any atom is -0.467 e. The summed E-state index contributed by atoms with van der Waals surface area (Å²) in [6, 6.07) is 3.65. The van der Waals surface area contributed by atoms with Crippen molar-refractivity contribution in [2.45, 2.75) is 39.4 Å². The molecule has 0 amide bonds. The molecule has 0 bridgehead atoms. The van der Waals surface area contributed by atoms with Gasteiger partial charge in [-0.3, -0.25) is 0 Å². The van der Waals surface area contributed by atoms with E-state index in [9.17, 15) is 5.11 Å². The maximum atomic E-state index is 9.79. The first-order valence-corrected chi connectivity index (χ1v) is 7.13. The molecule has 3 N–H and O–H groups in total. The predicted molar refractivity (Wildman–Crippen MR) is 77.3 cm³/mol. The Morgan fingerprint density at radius 3 is 2.90 bits per heavy atom. The van der Waals surface area contributed by atoms with Gasteiger partial charge in [0.05, 0.1) is 19.0 Å². The Morgan fingerprint density at radius 2 is 2.25 bits per heavy atom. The molecule has 0 saturated carbocycles. The third-order valence-corrected chi connectivity index (χ3v) is 3.13. The van der Waals surface area contributed by atoms with Gasteiger partial charge in [0, 0.05) is 19.7 Å². The fourth-order valence-electron chi connectivity index (χ4n) is 1.97. The van der Waals surface area contributed by atoms with Crippen LogP contribution >= 0.6 is 0 Å². The molecule has 1 heterocycles. The summed E-state index contributed by atoms with van der Waals surface area (Å²) in [6.07, 6.45) is 2.84. The zero-order chi connectivity index (χ0) is 14.8. The Kier molecular flexibility index (Phi) is 7.84. The summed E-state index contributed by atoms with van der Waals surface area (Å²) in [5.41, 5.74) is 0.122. The highest BCUT2D eigenvalue weighted by Gasteiger charge is 2.17. The van der Waals surface area contributed by atoms with Crippen molar-refractivity contribution in [1.82, 2.24) is 5.32 Å². The molecular formula is C15H27NO4. The Morgan fingerprint density at radius 1 is 1.45 bits per heavy atom. The van der Waals surface area contributed by atoms with Crippen LogP contribution in [-0.2, 0) is 11.3 Å². The molecule has 0 spiro atoms. The van der Waals surface area contributed by atoms with Gasteiger partial charge in [0.1, 0.15) is 12.4 Å². The first-order valence-electron chi connectivity index (χ1n) is 7.13. The molecule has 1 unspecified atom stereocenters. The highest BCUT2D eigenvalue weighted by molar-refractivity contribution is 4.96. The van der Waals surface area contributed by atoms with Crippen LogP contribution in [0.4, 0.5) is 0 Å². The highest BCUT2D eigenvalue weighted by atomic mass is 16.5. The lowest BCUT2D eigenvalue weighted by molar-refractivity contribution is 0.0217. The number of nitrogens with one attached hydrogen (secondary N) is 1. The summed E-state index contributed by atoms with van der Waals surface area (Å²) in [5.74, 6) is 0.760. The third kappa shape index (κ3) is 7.65. The van der Waals surface area contributed by atoms with Crippen LogP contribution in [-0.4, -0.2) is 42.6 Å². The van der Waals surface area contributed by atoms with E-state index in [1.165, 1.54) is 0 Å². The van der Waals surface area contributed by atoms with Gasteiger partial charge in [0.25, 0.3) is 0 Å². The van der Waals surface area contributed by atoms with E-state index >= 15 is 0 Å². The van der Waals surface area contributed by atoms with Gasteiger partial charge in [0.15, 0.2) is 0 Å². The molecule has 1 atom stereocenters. The van der Waals surface area contributed by atoms with Gasteiger partial charge in [-0.2, -0.15) is 0 Å². The van der Waals surface area contributed by atoms with Gasteiger partial charge < -0.3 is 24.7 Å². The summed E-state index contributed by atoms with van der Waals surface area (Å²) in [5, 5.41) is 21.9. The second-order valence-corrected chi connectivity index (χ2v) is 5.87. The van der Waals surface area contributed by atoms with E-state index in [4.69, 9.17) is 14.3 Å². The van der Waals surface area contributed by atoms with Crippen LogP contribution in [0.2, 0.25) is 0 Å². The number of aliphatic hydroxyl groups is 2. The van der Waals surface area contributed by atoms with Crippen molar-refractivity contribution in [2.24, 2.45) is 5.41 Å². The average Bonchev–Trinajstić information content (AvgIpc) is 2.89. The lowest BCUT2D eigenvalue weighted by atomic mass is 9.88. The van der Waals surface area contributed by atoms with Crippen molar-refractivity contribution in [3.8, 4) is 0 Å². The SMILES string of the molecule is CC(C)(CCCO)CNCC(O)COCc1ccco1. The van der Waals surface area contributed by atoms with Crippen molar-refractivity contribution in [3.63, 3.8) is 0 Å². The van der Waals surface area contributed by atoms with E-state index in [0.29, 0.717) is 13.2 Å². The molecule has 20 heavy (non-hydrogen) atoms. The molecule has 1 aromatic heterocycles. The number of hydrogen-bond acceptors (Lipinski definition) is 5. The number of aliphatic hydroxyl groups excluding tert-OH is 2. The van der Waals surface area contributed by atoms with Gasteiger partial charge >= 0.3 is 0 Å². The standard InChI is InChI=1S/C15H27NO4/c1-15(2,6-4-7-17)12-16-9-13(18)10-19-11-14-5-3-8-20-14/h3,5,8,13,16-18H,4,6-7,9-12H2,1-2H3. The molecule has 0 aliphatic heterocycles. The highest BCUT2D eigenvalue weighted by Crippen LogP contribution is 2.20. The third-order valence-electron chi connectivity index (χ3n) is 3.13. The summed E-state index contributed by atoms with van der Waals surface area (Å²) in [6.45, 7) is 6.50. The van der Waals surface area contributed by atoms with E-state index in [0.717, 1.165) is 25.1 Å².